The molecule has 0 radical (unpaired) electrons. The molecule has 2 unspecified atom stereocenters. The Morgan fingerprint density at radius 1 is 1.38 bits per heavy atom. The monoisotopic (exact) mass is 383 g/mol. The SMILES string of the molecule is CC(CN)C(=O)NC1CCCN(Cc2c(F)cccc2F)C1.Cl.Cl. The Hall–Kier alpha value is -0.950. The third-order valence-corrected chi connectivity index (χ3v) is 4.10. The molecule has 1 saturated heterocycles. The highest BCUT2D eigenvalue weighted by Gasteiger charge is 2.24. The van der Waals surface area contributed by atoms with E-state index >= 15 is 0 Å². The number of halogens is 4. The summed E-state index contributed by atoms with van der Waals surface area (Å²) in [5.41, 5.74) is 5.57. The minimum atomic E-state index is -0.525. The van der Waals surface area contributed by atoms with E-state index in [1.165, 1.54) is 18.2 Å². The van der Waals surface area contributed by atoms with Gasteiger partial charge in [0.15, 0.2) is 0 Å². The molecule has 1 aromatic carbocycles. The van der Waals surface area contributed by atoms with Gasteiger partial charge in [0.1, 0.15) is 11.6 Å². The summed E-state index contributed by atoms with van der Waals surface area (Å²) in [5.74, 6) is -1.34. The Balaban J connectivity index is 0.00000264. The van der Waals surface area contributed by atoms with Crippen molar-refractivity contribution in [1.29, 1.82) is 0 Å². The van der Waals surface area contributed by atoms with Gasteiger partial charge < -0.3 is 11.1 Å². The molecule has 0 aliphatic carbocycles. The number of nitrogens with zero attached hydrogens (tertiary/aromatic N) is 1. The Labute approximate surface area is 154 Å². The van der Waals surface area contributed by atoms with Crippen molar-refractivity contribution in [2.24, 2.45) is 11.7 Å². The Morgan fingerprint density at radius 2 is 2.00 bits per heavy atom. The molecule has 8 heteroatoms. The predicted molar refractivity (Wildman–Crippen MR) is 95.5 cm³/mol. The quantitative estimate of drug-likeness (QED) is 0.820. The predicted octanol–water partition coefficient (Wildman–Crippen LogP) is 2.48. The van der Waals surface area contributed by atoms with Crippen molar-refractivity contribution in [3.05, 3.63) is 35.4 Å². The van der Waals surface area contributed by atoms with Gasteiger partial charge in [-0.2, -0.15) is 0 Å². The topological polar surface area (TPSA) is 58.4 Å². The fourth-order valence-electron chi connectivity index (χ4n) is 2.67. The van der Waals surface area contributed by atoms with E-state index in [1.54, 1.807) is 6.92 Å². The molecule has 1 amide bonds. The second kappa shape index (κ2) is 10.8. The van der Waals surface area contributed by atoms with Crippen LogP contribution in [0.3, 0.4) is 0 Å². The van der Waals surface area contributed by atoms with Crippen LogP contribution in [0.5, 0.6) is 0 Å². The van der Waals surface area contributed by atoms with Gasteiger partial charge in [-0.3, -0.25) is 9.69 Å². The van der Waals surface area contributed by atoms with Crippen molar-refractivity contribution in [3.63, 3.8) is 0 Å². The van der Waals surface area contributed by atoms with Gasteiger partial charge in [-0.05, 0) is 31.5 Å². The molecule has 0 bridgehead atoms. The minimum Gasteiger partial charge on any atom is -0.352 e. The summed E-state index contributed by atoms with van der Waals surface area (Å²) in [7, 11) is 0. The van der Waals surface area contributed by atoms with Crippen molar-refractivity contribution in [2.45, 2.75) is 32.4 Å². The zero-order valence-electron chi connectivity index (χ0n) is 13.6. The zero-order chi connectivity index (χ0) is 16.1. The van der Waals surface area contributed by atoms with Crippen LogP contribution in [0, 0.1) is 17.6 Å². The first-order valence-corrected chi connectivity index (χ1v) is 7.67. The van der Waals surface area contributed by atoms with Gasteiger partial charge >= 0.3 is 0 Å². The Bertz CT molecular complexity index is 514. The normalized spacial score (nSPS) is 18.9. The van der Waals surface area contributed by atoms with E-state index in [0.717, 1.165) is 19.4 Å². The second-order valence-corrected chi connectivity index (χ2v) is 5.92. The van der Waals surface area contributed by atoms with Crippen molar-refractivity contribution in [2.75, 3.05) is 19.6 Å². The molecule has 3 N–H and O–H groups in total. The average Bonchev–Trinajstić information content (AvgIpc) is 2.50. The van der Waals surface area contributed by atoms with E-state index in [2.05, 4.69) is 5.32 Å². The Kier molecular flexibility index (Phi) is 10.4. The molecular formula is C16H25Cl2F2N3O. The van der Waals surface area contributed by atoms with Crippen LogP contribution in [0.1, 0.15) is 25.3 Å². The molecule has 1 aromatic rings. The largest absolute Gasteiger partial charge is 0.352 e. The number of amides is 1. The van der Waals surface area contributed by atoms with Crippen molar-refractivity contribution in [3.8, 4) is 0 Å². The van der Waals surface area contributed by atoms with E-state index < -0.39 is 11.6 Å². The number of benzene rings is 1. The molecule has 0 aromatic heterocycles. The first kappa shape index (κ1) is 23.1. The number of likely N-dealkylation sites (tertiary alicyclic amines) is 1. The number of rotatable bonds is 5. The van der Waals surface area contributed by atoms with Crippen LogP contribution < -0.4 is 11.1 Å². The number of nitrogens with two attached hydrogens (primary N) is 1. The average molecular weight is 384 g/mol. The van der Waals surface area contributed by atoms with Gasteiger partial charge in [0.2, 0.25) is 5.91 Å². The first-order chi connectivity index (χ1) is 10.5. The highest BCUT2D eigenvalue weighted by atomic mass is 35.5. The van der Waals surface area contributed by atoms with Gasteiger partial charge in [0, 0.05) is 37.2 Å². The van der Waals surface area contributed by atoms with E-state index in [1.807, 2.05) is 4.90 Å². The van der Waals surface area contributed by atoms with Gasteiger partial charge in [0.25, 0.3) is 0 Å². The summed E-state index contributed by atoms with van der Waals surface area (Å²) in [4.78, 5) is 13.9. The summed E-state index contributed by atoms with van der Waals surface area (Å²) in [6.45, 7) is 3.67. The zero-order valence-corrected chi connectivity index (χ0v) is 15.3. The van der Waals surface area contributed by atoms with Crippen LogP contribution in [0.4, 0.5) is 8.78 Å². The fraction of sp³-hybridized carbons (Fsp3) is 0.562. The second-order valence-electron chi connectivity index (χ2n) is 5.92. The molecule has 2 atom stereocenters. The van der Waals surface area contributed by atoms with E-state index in [0.29, 0.717) is 13.1 Å². The number of carbonyl (C=O) groups excluding carboxylic acids is 1. The standard InChI is InChI=1S/C16H23F2N3O.2ClH/c1-11(8-19)16(22)20-12-4-3-7-21(9-12)10-13-14(17)5-2-6-15(13)18;;/h2,5-6,11-12H,3-4,7-10,19H2,1H3,(H,20,22);2*1H. The van der Waals surface area contributed by atoms with Crippen LogP contribution in [-0.2, 0) is 11.3 Å². The van der Waals surface area contributed by atoms with Crippen molar-refractivity contribution >= 4 is 30.7 Å². The molecule has 24 heavy (non-hydrogen) atoms. The molecular weight excluding hydrogens is 359 g/mol. The molecule has 138 valence electrons. The highest BCUT2D eigenvalue weighted by Crippen LogP contribution is 2.18. The molecule has 0 saturated carbocycles. The number of piperidine rings is 1. The van der Waals surface area contributed by atoms with E-state index in [9.17, 15) is 13.6 Å². The molecule has 0 spiro atoms. The third-order valence-electron chi connectivity index (χ3n) is 4.10. The van der Waals surface area contributed by atoms with E-state index in [4.69, 9.17) is 5.73 Å². The van der Waals surface area contributed by atoms with Crippen LogP contribution in [0.15, 0.2) is 18.2 Å². The smallest absolute Gasteiger partial charge is 0.224 e. The van der Waals surface area contributed by atoms with Crippen LogP contribution >= 0.6 is 24.8 Å². The van der Waals surface area contributed by atoms with Crippen LogP contribution in [-0.4, -0.2) is 36.5 Å². The maximum atomic E-state index is 13.7. The fourth-order valence-corrected chi connectivity index (χ4v) is 2.67. The van der Waals surface area contributed by atoms with Crippen molar-refractivity contribution in [1.82, 2.24) is 10.2 Å². The van der Waals surface area contributed by atoms with Crippen LogP contribution in [0.25, 0.3) is 0 Å². The third kappa shape index (κ3) is 6.16. The highest BCUT2D eigenvalue weighted by molar-refractivity contribution is 5.85. The molecule has 1 heterocycles. The summed E-state index contributed by atoms with van der Waals surface area (Å²) in [5, 5.41) is 2.97. The number of hydrogen-bond acceptors (Lipinski definition) is 3. The lowest BCUT2D eigenvalue weighted by molar-refractivity contribution is -0.125. The van der Waals surface area contributed by atoms with Crippen LogP contribution in [0.2, 0.25) is 0 Å². The number of carbonyl (C=O) groups is 1. The maximum Gasteiger partial charge on any atom is 0.224 e. The number of nitrogens with one attached hydrogen (secondary N) is 1. The molecule has 1 fully saturated rings. The molecule has 1 aliphatic heterocycles. The molecule has 1 aliphatic rings. The molecule has 4 nitrogen and oxygen atoms in total. The summed E-state index contributed by atoms with van der Waals surface area (Å²) >= 11 is 0. The Morgan fingerprint density at radius 3 is 2.58 bits per heavy atom. The lowest BCUT2D eigenvalue weighted by atomic mass is 10.0. The minimum absolute atomic E-state index is 0. The number of hydrogen-bond donors (Lipinski definition) is 2. The first-order valence-electron chi connectivity index (χ1n) is 7.67. The van der Waals surface area contributed by atoms with Crippen molar-refractivity contribution < 1.29 is 13.6 Å². The lowest BCUT2D eigenvalue weighted by Crippen LogP contribution is -2.49. The van der Waals surface area contributed by atoms with Gasteiger partial charge in [-0.1, -0.05) is 13.0 Å². The van der Waals surface area contributed by atoms with Gasteiger partial charge in [0.05, 0.1) is 0 Å². The van der Waals surface area contributed by atoms with Gasteiger partial charge in [-0.15, -0.1) is 24.8 Å². The molecule has 2 rings (SSSR count). The summed E-state index contributed by atoms with van der Waals surface area (Å²) < 4.78 is 27.4. The maximum absolute atomic E-state index is 13.7. The summed E-state index contributed by atoms with van der Waals surface area (Å²) in [6, 6.07) is 3.90. The van der Waals surface area contributed by atoms with E-state index in [-0.39, 0.29) is 54.8 Å². The lowest BCUT2D eigenvalue weighted by Gasteiger charge is -2.33. The summed E-state index contributed by atoms with van der Waals surface area (Å²) in [6.07, 6.45) is 1.76. The van der Waals surface area contributed by atoms with Gasteiger partial charge in [-0.25, -0.2) is 8.78 Å².